The summed E-state index contributed by atoms with van der Waals surface area (Å²) in [6, 6.07) is 0. The number of nitrogens with zero attached hydrogens (tertiary/aromatic N) is 2. The Hall–Kier alpha value is -0.200. The fraction of sp³-hybridized carbons (Fsp3) is 1.00. The van der Waals surface area contributed by atoms with E-state index in [4.69, 9.17) is 10.2 Å². The molecule has 0 aromatic heterocycles. The van der Waals surface area contributed by atoms with E-state index in [2.05, 4.69) is 42.3 Å². The second kappa shape index (κ2) is 8.83. The Kier molecular flexibility index (Phi) is 11.4. The second-order valence-electron chi connectivity index (χ2n) is 6.64. The molecule has 108 valence electrons. The van der Waals surface area contributed by atoms with Gasteiger partial charge in [0.2, 0.25) is 0 Å². The third kappa shape index (κ3) is 31.3. The summed E-state index contributed by atoms with van der Waals surface area (Å²) in [5.74, 6) is 0. The van der Waals surface area contributed by atoms with E-state index in [0.29, 0.717) is 0 Å². The largest absolute Gasteiger partial charge is 0.412 e. The van der Waals surface area contributed by atoms with Gasteiger partial charge in [0.15, 0.2) is 0 Å². The minimum absolute atomic E-state index is 0. The topological polar surface area (TPSA) is 72.0 Å². The summed E-state index contributed by atoms with van der Waals surface area (Å²) in [4.78, 5) is 0. The number of rotatable bonds is 4. The first-order valence-electron chi connectivity index (χ1n) is 5.80. The molecule has 0 spiro atoms. The van der Waals surface area contributed by atoms with E-state index in [0.717, 1.165) is 22.1 Å². The van der Waals surface area contributed by atoms with Crippen molar-refractivity contribution in [3.05, 3.63) is 0 Å². The van der Waals surface area contributed by atoms with Crippen molar-refractivity contribution in [3.8, 4) is 0 Å². The molecule has 0 amide bonds. The highest BCUT2D eigenvalue weighted by molar-refractivity contribution is 4.39. The molecule has 4 N–H and O–H groups in total. The maximum atomic E-state index is 8.87. The zero-order valence-electron chi connectivity index (χ0n) is 12.9. The van der Waals surface area contributed by atoms with Crippen LogP contribution in [0.2, 0.25) is 0 Å². The van der Waals surface area contributed by atoms with Crippen LogP contribution in [0.3, 0.4) is 0 Å². The highest BCUT2D eigenvalue weighted by Crippen LogP contribution is 1.92. The lowest BCUT2D eigenvalue weighted by Crippen LogP contribution is -2.40. The average molecular weight is 254 g/mol. The molecular formula is C12H34N2O3+2. The second-order valence-corrected chi connectivity index (χ2v) is 6.64. The summed E-state index contributed by atoms with van der Waals surface area (Å²) >= 11 is 0. The molecule has 0 radical (unpaired) electrons. The van der Waals surface area contributed by atoms with Gasteiger partial charge in [0.1, 0.15) is 25.3 Å². The van der Waals surface area contributed by atoms with Crippen LogP contribution in [0.4, 0.5) is 0 Å². The molecular weight excluding hydrogens is 220 g/mol. The van der Waals surface area contributed by atoms with Crippen LogP contribution in [-0.4, -0.2) is 92.2 Å². The van der Waals surface area contributed by atoms with Gasteiger partial charge in [-0.2, -0.15) is 0 Å². The van der Waals surface area contributed by atoms with Gasteiger partial charge in [0.25, 0.3) is 0 Å². The van der Waals surface area contributed by atoms with Crippen LogP contribution in [0, 0.1) is 0 Å². The summed E-state index contributed by atoms with van der Waals surface area (Å²) in [7, 11) is 12.4. The highest BCUT2D eigenvalue weighted by Gasteiger charge is 2.10. The predicted octanol–water partition coefficient (Wildman–Crippen LogP) is -0.678. The smallest absolute Gasteiger partial charge is 0.104 e. The van der Waals surface area contributed by atoms with Gasteiger partial charge in [-0.05, 0) is 13.8 Å². The van der Waals surface area contributed by atoms with Crippen molar-refractivity contribution < 1.29 is 24.7 Å². The monoisotopic (exact) mass is 254 g/mol. The summed E-state index contributed by atoms with van der Waals surface area (Å²) in [5.41, 5.74) is 0. The van der Waals surface area contributed by atoms with E-state index < -0.39 is 0 Å². The Labute approximate surface area is 107 Å². The molecule has 0 aromatic rings. The van der Waals surface area contributed by atoms with Gasteiger partial charge in [-0.1, -0.05) is 0 Å². The van der Waals surface area contributed by atoms with Gasteiger partial charge in [0, 0.05) is 0 Å². The van der Waals surface area contributed by atoms with Crippen LogP contribution in [0.1, 0.15) is 13.8 Å². The summed E-state index contributed by atoms with van der Waals surface area (Å²) < 4.78 is 1.66. The molecule has 2 atom stereocenters. The third-order valence-corrected chi connectivity index (χ3v) is 1.62. The third-order valence-electron chi connectivity index (χ3n) is 1.62. The van der Waals surface area contributed by atoms with Gasteiger partial charge in [-0.15, -0.1) is 0 Å². The molecule has 0 saturated heterocycles. The van der Waals surface area contributed by atoms with Gasteiger partial charge in [0.05, 0.1) is 42.3 Å². The van der Waals surface area contributed by atoms with E-state index in [1.165, 1.54) is 0 Å². The van der Waals surface area contributed by atoms with Crippen molar-refractivity contribution in [3.63, 3.8) is 0 Å². The average Bonchev–Trinajstić information content (AvgIpc) is 1.72. The molecule has 0 rings (SSSR count). The number of aliphatic hydroxyl groups is 2. The van der Waals surface area contributed by atoms with Crippen LogP contribution in [-0.2, 0) is 0 Å². The molecule has 0 bridgehead atoms. The fourth-order valence-electron chi connectivity index (χ4n) is 1.59. The number of hydrogen-bond donors (Lipinski definition) is 2. The Bertz CT molecular complexity index is 150. The molecule has 0 saturated carbocycles. The summed E-state index contributed by atoms with van der Waals surface area (Å²) in [6.45, 7) is 5.26. The number of hydrogen-bond acceptors (Lipinski definition) is 2. The summed E-state index contributed by atoms with van der Waals surface area (Å²) in [6.07, 6.45) is -0.370. The van der Waals surface area contributed by atoms with Gasteiger partial charge in [-0.25, -0.2) is 0 Å². The number of aliphatic hydroxyl groups excluding tert-OH is 2. The maximum Gasteiger partial charge on any atom is 0.104 e. The molecule has 0 aliphatic carbocycles. The van der Waals surface area contributed by atoms with Crippen LogP contribution >= 0.6 is 0 Å². The first-order valence-corrected chi connectivity index (χ1v) is 5.80. The van der Waals surface area contributed by atoms with E-state index in [1.807, 2.05) is 13.8 Å². The molecule has 0 heterocycles. The molecule has 0 aromatic carbocycles. The van der Waals surface area contributed by atoms with E-state index in [9.17, 15) is 0 Å². The lowest BCUT2D eigenvalue weighted by Gasteiger charge is -2.24. The maximum absolute atomic E-state index is 8.87. The van der Waals surface area contributed by atoms with Crippen molar-refractivity contribution in [2.24, 2.45) is 0 Å². The first-order chi connectivity index (χ1) is 6.83. The minimum Gasteiger partial charge on any atom is -0.412 e. The molecule has 5 heteroatoms. The van der Waals surface area contributed by atoms with Crippen molar-refractivity contribution >= 4 is 0 Å². The van der Waals surface area contributed by atoms with E-state index in [1.54, 1.807) is 0 Å². The van der Waals surface area contributed by atoms with Crippen LogP contribution in [0.5, 0.6) is 0 Å². The van der Waals surface area contributed by atoms with Crippen molar-refractivity contribution in [2.75, 3.05) is 55.4 Å². The zero-order chi connectivity index (χ0) is 13.6. The van der Waals surface area contributed by atoms with Crippen LogP contribution < -0.4 is 0 Å². The normalized spacial score (nSPS) is 15.2. The zero-order valence-corrected chi connectivity index (χ0v) is 12.9. The Morgan fingerprint density at radius 2 is 0.882 bits per heavy atom. The lowest BCUT2D eigenvalue weighted by molar-refractivity contribution is -0.873. The standard InChI is InChI=1S/2C6H16NO.H2O/c2*1-6(8)5-7(2,3)4;/h2*6,8H,5H2,1-4H3;1H2/q2*+1;. The van der Waals surface area contributed by atoms with Crippen LogP contribution in [0.25, 0.3) is 0 Å². The molecule has 17 heavy (non-hydrogen) atoms. The molecule has 0 aliphatic rings. The summed E-state index contributed by atoms with van der Waals surface area (Å²) in [5, 5.41) is 17.7. The van der Waals surface area contributed by atoms with Crippen molar-refractivity contribution in [1.82, 2.24) is 0 Å². The Morgan fingerprint density at radius 3 is 0.882 bits per heavy atom. The number of quaternary nitrogens is 2. The fourth-order valence-corrected chi connectivity index (χ4v) is 1.59. The van der Waals surface area contributed by atoms with Gasteiger partial charge < -0.3 is 24.7 Å². The molecule has 2 unspecified atom stereocenters. The molecule has 0 fully saturated rings. The van der Waals surface area contributed by atoms with Crippen molar-refractivity contribution in [2.45, 2.75) is 26.1 Å². The molecule has 5 nitrogen and oxygen atoms in total. The van der Waals surface area contributed by atoms with E-state index >= 15 is 0 Å². The minimum atomic E-state index is -0.185. The Morgan fingerprint density at radius 1 is 0.706 bits per heavy atom. The number of likely N-dealkylation sites (N-methyl/N-ethyl adjacent to an activating group) is 2. The highest BCUT2D eigenvalue weighted by atomic mass is 16.3. The van der Waals surface area contributed by atoms with Crippen molar-refractivity contribution in [1.29, 1.82) is 0 Å². The lowest BCUT2D eigenvalue weighted by atomic mass is 10.3. The van der Waals surface area contributed by atoms with E-state index in [-0.39, 0.29) is 17.7 Å². The van der Waals surface area contributed by atoms with Gasteiger partial charge in [-0.3, -0.25) is 0 Å². The van der Waals surface area contributed by atoms with Gasteiger partial charge >= 0.3 is 0 Å². The SMILES string of the molecule is CC(O)C[N+](C)(C)C.CC(O)C[N+](C)(C)C.O. The Balaban J connectivity index is -0.000000218. The quantitative estimate of drug-likeness (QED) is 0.653. The molecule has 0 aliphatic heterocycles. The predicted molar refractivity (Wildman–Crippen MR) is 72.8 cm³/mol. The van der Waals surface area contributed by atoms with Crippen LogP contribution in [0.15, 0.2) is 0 Å². The first kappa shape index (κ1) is 22.0.